The molecule has 0 radical (unpaired) electrons. The van der Waals surface area contributed by atoms with Gasteiger partial charge in [-0.1, -0.05) is 29.8 Å². The Kier molecular flexibility index (Phi) is 6.20. The number of hydrogen-bond donors (Lipinski definition) is 2. The highest BCUT2D eigenvalue weighted by atomic mass is 35.5. The van der Waals surface area contributed by atoms with E-state index in [4.69, 9.17) is 17.3 Å². The van der Waals surface area contributed by atoms with Crippen LogP contribution in [0.3, 0.4) is 0 Å². The molecule has 1 aliphatic heterocycles. The highest BCUT2D eigenvalue weighted by molar-refractivity contribution is 6.31. The molecule has 3 rings (SSSR count). The predicted molar refractivity (Wildman–Crippen MR) is 103 cm³/mol. The van der Waals surface area contributed by atoms with Crippen molar-refractivity contribution in [1.82, 2.24) is 20.2 Å². The van der Waals surface area contributed by atoms with Gasteiger partial charge in [0, 0.05) is 54.7 Å². The average molecular weight is 372 g/mol. The van der Waals surface area contributed by atoms with Gasteiger partial charge in [-0.05, 0) is 30.5 Å². The summed E-state index contributed by atoms with van der Waals surface area (Å²) in [5.41, 5.74) is 7.32. The average Bonchev–Trinajstić information content (AvgIpc) is 2.65. The highest BCUT2D eigenvalue weighted by Gasteiger charge is 2.20. The lowest BCUT2D eigenvalue weighted by Gasteiger charge is -2.32. The van der Waals surface area contributed by atoms with Crippen LogP contribution in [0.1, 0.15) is 24.0 Å². The molecule has 1 amide bonds. The molecule has 0 atom stereocenters. The fourth-order valence-electron chi connectivity index (χ4n) is 2.96. The number of nitrogens with two attached hydrogens (primary N) is 1. The Balaban J connectivity index is 1.44. The second-order valence-corrected chi connectivity index (χ2v) is 6.77. The van der Waals surface area contributed by atoms with Crippen molar-refractivity contribution in [2.75, 3.05) is 18.8 Å². The summed E-state index contributed by atoms with van der Waals surface area (Å²) in [6, 6.07) is 8.12. The quantitative estimate of drug-likeness (QED) is 0.789. The largest absolute Gasteiger partial charge is 0.368 e. The van der Waals surface area contributed by atoms with Crippen LogP contribution >= 0.6 is 11.6 Å². The van der Waals surface area contributed by atoms with Crippen molar-refractivity contribution in [3.63, 3.8) is 0 Å². The van der Waals surface area contributed by atoms with Crippen LogP contribution in [0.25, 0.3) is 6.08 Å². The van der Waals surface area contributed by atoms with E-state index < -0.39 is 0 Å². The summed E-state index contributed by atoms with van der Waals surface area (Å²) in [7, 11) is 0. The fraction of sp³-hybridized carbons (Fsp3) is 0.316. The highest BCUT2D eigenvalue weighted by Crippen LogP contribution is 2.19. The lowest BCUT2D eigenvalue weighted by atomic mass is 10.0. The molecule has 3 N–H and O–H groups in total. The van der Waals surface area contributed by atoms with Gasteiger partial charge in [-0.3, -0.25) is 9.69 Å². The number of likely N-dealkylation sites (tertiary alicyclic amines) is 1. The maximum atomic E-state index is 12.1. The van der Waals surface area contributed by atoms with Gasteiger partial charge in [-0.25, -0.2) is 9.97 Å². The molecule has 2 aromatic rings. The van der Waals surface area contributed by atoms with Crippen LogP contribution < -0.4 is 11.1 Å². The molecular formula is C19H22ClN5O. The number of rotatable bonds is 5. The molecule has 1 aromatic heterocycles. The van der Waals surface area contributed by atoms with Crippen molar-refractivity contribution in [3.8, 4) is 0 Å². The van der Waals surface area contributed by atoms with Crippen LogP contribution in [0.15, 0.2) is 42.7 Å². The predicted octanol–water partition coefficient (Wildman–Crippen LogP) is 2.51. The maximum Gasteiger partial charge on any atom is 0.244 e. The first-order valence-electron chi connectivity index (χ1n) is 8.62. The van der Waals surface area contributed by atoms with E-state index in [1.165, 1.54) is 6.08 Å². The number of nitrogens with one attached hydrogen (secondary N) is 1. The summed E-state index contributed by atoms with van der Waals surface area (Å²) < 4.78 is 0. The number of nitrogens with zero attached hydrogens (tertiary/aromatic N) is 3. The lowest BCUT2D eigenvalue weighted by molar-refractivity contribution is -0.117. The fourth-order valence-corrected chi connectivity index (χ4v) is 3.15. The Labute approximate surface area is 158 Å². The Morgan fingerprint density at radius 1 is 1.27 bits per heavy atom. The number of piperidine rings is 1. The Bertz CT molecular complexity index is 770. The molecule has 0 saturated carbocycles. The molecule has 1 fully saturated rings. The molecule has 2 heterocycles. The molecule has 26 heavy (non-hydrogen) atoms. The van der Waals surface area contributed by atoms with Gasteiger partial charge in [0.1, 0.15) is 0 Å². The van der Waals surface area contributed by atoms with Gasteiger partial charge in [0.05, 0.1) is 0 Å². The van der Waals surface area contributed by atoms with Gasteiger partial charge in [-0.2, -0.15) is 0 Å². The molecular weight excluding hydrogens is 350 g/mol. The summed E-state index contributed by atoms with van der Waals surface area (Å²) in [4.78, 5) is 22.2. The lowest BCUT2D eigenvalue weighted by Crippen LogP contribution is -2.43. The van der Waals surface area contributed by atoms with Crippen molar-refractivity contribution in [1.29, 1.82) is 0 Å². The summed E-state index contributed by atoms with van der Waals surface area (Å²) in [6.45, 7) is 2.72. The number of amides is 1. The topological polar surface area (TPSA) is 84.1 Å². The summed E-state index contributed by atoms with van der Waals surface area (Å²) >= 11 is 6.23. The first-order valence-corrected chi connectivity index (χ1v) is 9.00. The van der Waals surface area contributed by atoms with Crippen molar-refractivity contribution in [3.05, 3.63) is 58.9 Å². The normalized spacial score (nSPS) is 16.0. The van der Waals surface area contributed by atoms with E-state index in [0.29, 0.717) is 0 Å². The van der Waals surface area contributed by atoms with E-state index in [1.54, 1.807) is 18.5 Å². The van der Waals surface area contributed by atoms with E-state index in [1.807, 2.05) is 18.2 Å². The zero-order valence-electron chi connectivity index (χ0n) is 14.4. The number of anilines is 1. The van der Waals surface area contributed by atoms with Crippen LogP contribution in [0.2, 0.25) is 5.02 Å². The molecule has 6 nitrogen and oxygen atoms in total. The molecule has 0 aliphatic carbocycles. The molecule has 0 unspecified atom stereocenters. The number of benzene rings is 1. The molecule has 7 heteroatoms. The van der Waals surface area contributed by atoms with Gasteiger partial charge < -0.3 is 11.1 Å². The zero-order valence-corrected chi connectivity index (χ0v) is 15.2. The number of carbonyl (C=O) groups is 1. The van der Waals surface area contributed by atoms with Crippen molar-refractivity contribution in [2.45, 2.75) is 25.4 Å². The number of aromatic nitrogens is 2. The second kappa shape index (κ2) is 8.78. The van der Waals surface area contributed by atoms with E-state index in [2.05, 4.69) is 26.3 Å². The van der Waals surface area contributed by atoms with E-state index >= 15 is 0 Å². The van der Waals surface area contributed by atoms with Gasteiger partial charge in [0.15, 0.2) is 0 Å². The van der Waals surface area contributed by atoms with Gasteiger partial charge in [0.2, 0.25) is 11.9 Å². The van der Waals surface area contributed by atoms with Crippen molar-refractivity contribution >= 4 is 29.5 Å². The number of hydrogen-bond acceptors (Lipinski definition) is 5. The minimum atomic E-state index is -0.105. The van der Waals surface area contributed by atoms with Crippen LogP contribution in [0, 0.1) is 0 Å². The third kappa shape index (κ3) is 5.28. The van der Waals surface area contributed by atoms with Gasteiger partial charge in [-0.15, -0.1) is 0 Å². The summed E-state index contributed by atoms with van der Waals surface area (Å²) in [5.74, 6) is 0.113. The van der Waals surface area contributed by atoms with Crippen LogP contribution in [0.5, 0.6) is 0 Å². The van der Waals surface area contributed by atoms with Crippen LogP contribution in [-0.4, -0.2) is 39.9 Å². The minimum absolute atomic E-state index is 0.105. The van der Waals surface area contributed by atoms with Crippen LogP contribution in [-0.2, 0) is 11.3 Å². The second-order valence-electron chi connectivity index (χ2n) is 6.36. The van der Waals surface area contributed by atoms with Crippen molar-refractivity contribution < 1.29 is 4.79 Å². The van der Waals surface area contributed by atoms with Gasteiger partial charge >= 0.3 is 0 Å². The molecule has 0 spiro atoms. The molecule has 0 bridgehead atoms. The zero-order chi connectivity index (χ0) is 18.4. The van der Waals surface area contributed by atoms with E-state index in [0.717, 1.165) is 48.6 Å². The number of carbonyl (C=O) groups excluding carboxylic acids is 1. The Morgan fingerprint density at radius 2 is 1.96 bits per heavy atom. The third-order valence-corrected chi connectivity index (χ3v) is 4.77. The standard InChI is InChI=1S/C19H22ClN5O/c20-17-4-2-1-3-15(17)13-25-9-7-16(8-10-25)24-18(26)6-5-14-11-22-19(21)23-12-14/h1-6,11-12,16H,7-10,13H2,(H,24,26)(H2,21,22,23)/b6-5+. The molecule has 1 aromatic carbocycles. The van der Waals surface area contributed by atoms with Crippen LogP contribution in [0.4, 0.5) is 5.95 Å². The number of nitrogen functional groups attached to an aromatic ring is 1. The summed E-state index contributed by atoms with van der Waals surface area (Å²) in [6.07, 6.45) is 8.20. The number of halogens is 1. The first kappa shape index (κ1) is 18.4. The molecule has 136 valence electrons. The molecule has 1 saturated heterocycles. The molecule has 1 aliphatic rings. The minimum Gasteiger partial charge on any atom is -0.368 e. The summed E-state index contributed by atoms with van der Waals surface area (Å²) in [5, 5.41) is 3.86. The van der Waals surface area contributed by atoms with Gasteiger partial charge in [0.25, 0.3) is 0 Å². The monoisotopic (exact) mass is 371 g/mol. The Hall–Kier alpha value is -2.44. The maximum absolute atomic E-state index is 12.1. The van der Waals surface area contributed by atoms with E-state index in [9.17, 15) is 4.79 Å². The first-order chi connectivity index (χ1) is 12.6. The van der Waals surface area contributed by atoms with E-state index in [-0.39, 0.29) is 17.9 Å². The SMILES string of the molecule is Nc1ncc(/C=C/C(=O)NC2CCN(Cc3ccccc3Cl)CC2)cn1. The Morgan fingerprint density at radius 3 is 2.65 bits per heavy atom. The third-order valence-electron chi connectivity index (χ3n) is 4.40. The van der Waals surface area contributed by atoms with Crippen molar-refractivity contribution in [2.24, 2.45) is 0 Å². The smallest absolute Gasteiger partial charge is 0.244 e.